The van der Waals surface area contributed by atoms with Gasteiger partial charge in [0.25, 0.3) is 5.91 Å². The van der Waals surface area contributed by atoms with Crippen LogP contribution in [0.2, 0.25) is 5.02 Å². The number of likely N-dealkylation sites (N-methyl/N-ethyl adjacent to an activating group) is 1. The van der Waals surface area contributed by atoms with Crippen LogP contribution in [0.5, 0.6) is 17.2 Å². The third-order valence-corrected chi connectivity index (χ3v) is 13.8. The SMILES string of the molecule is C=CC(=O)N(C)Cc1ccc(Nc2nc(Nc3cccc(OC)c3)ncc2F)cc1.C=CC(=O)Nc1cc(Nc2nc(Nc3ccc(OCCOC)cc3)ncc2F)ccc1Cl.C=CC(=O)Nc1cccc(Nc2nc(Nc3cccc(OCC(=O)N4CCOCC4)c3)ncc2F)c1. The zero-order valence-corrected chi connectivity index (χ0v) is 54.0. The molecule has 98 heavy (non-hydrogen) atoms. The van der Waals surface area contributed by atoms with Crippen LogP contribution in [0.3, 0.4) is 0 Å². The van der Waals surface area contributed by atoms with Crippen molar-refractivity contribution in [3.8, 4) is 17.2 Å². The van der Waals surface area contributed by atoms with E-state index in [2.05, 4.69) is 92.2 Å². The average molecular weight is 1360 g/mol. The minimum Gasteiger partial charge on any atom is -0.497 e. The van der Waals surface area contributed by atoms with Crippen LogP contribution in [0.1, 0.15) is 5.56 Å². The third-order valence-electron chi connectivity index (χ3n) is 13.5. The molecule has 4 heterocycles. The molecule has 0 bridgehead atoms. The summed E-state index contributed by atoms with van der Waals surface area (Å²) in [7, 11) is 4.88. The van der Waals surface area contributed by atoms with Gasteiger partial charge in [-0.1, -0.05) is 61.7 Å². The summed E-state index contributed by atoms with van der Waals surface area (Å²) < 4.78 is 69.4. The molecule has 0 aliphatic carbocycles. The molecule has 1 saturated heterocycles. The summed E-state index contributed by atoms with van der Waals surface area (Å²) in [4.78, 5) is 74.8. The number of ether oxygens (including phenoxy) is 5. The molecule has 0 atom stereocenters. The van der Waals surface area contributed by atoms with E-state index in [0.717, 1.165) is 42.0 Å². The van der Waals surface area contributed by atoms with Crippen molar-refractivity contribution in [2.24, 2.45) is 0 Å². The lowest BCUT2D eigenvalue weighted by atomic mass is 10.2. The maximum Gasteiger partial charge on any atom is 0.260 e. The van der Waals surface area contributed by atoms with Crippen molar-refractivity contribution in [2.75, 3.05) is 110 Å². The summed E-state index contributed by atoms with van der Waals surface area (Å²) >= 11 is 6.09. The van der Waals surface area contributed by atoms with Gasteiger partial charge in [0.15, 0.2) is 41.5 Å². The number of halogens is 4. The van der Waals surface area contributed by atoms with Crippen LogP contribution in [0.4, 0.5) is 94.0 Å². The summed E-state index contributed by atoms with van der Waals surface area (Å²) in [5.41, 5.74) is 5.44. The minimum absolute atomic E-state index is 0.0436. The standard InChI is InChI=1S/C25H25FN6O4.C22H21ClFN5O3.C22H22FN5O2/c1-2-22(33)28-17-5-3-6-18(13-17)29-24-21(26)15-27-25(31-24)30-19-7-4-8-20(14-19)36-16-23(34)32-9-11-35-12-10-32;1-3-20(30)28-19-12-15(6-9-17(19)23)26-21-18(24)13-25-22(29-21)27-14-4-7-16(8-5-14)32-11-10-31-2;1-4-20(29)28(2)14-15-8-10-16(11-9-15)25-21-19(23)13-24-22(27-21)26-17-6-5-7-18(12-17)30-3/h2-8,13-15H,1,9-12,16H2,(H,28,33)(H2,27,29,30,31);3-9,12-13H,1,10-11H2,2H3,(H,28,30)(H2,25,26,27,29);4-13H,1,14H2,2-3H3,(H2,24,25,26,27). The van der Waals surface area contributed by atoms with E-state index >= 15 is 0 Å². The molecule has 10 rings (SSSR count). The number of rotatable bonds is 27. The number of anilines is 14. The predicted octanol–water partition coefficient (Wildman–Crippen LogP) is 12.6. The number of carbonyl (C=O) groups is 4. The van der Waals surface area contributed by atoms with Gasteiger partial charge in [-0.3, -0.25) is 19.2 Å². The Bertz CT molecular complexity index is 4230. The fourth-order valence-electron chi connectivity index (χ4n) is 8.59. The van der Waals surface area contributed by atoms with E-state index in [9.17, 15) is 32.3 Å². The summed E-state index contributed by atoms with van der Waals surface area (Å²) in [6, 6.07) is 40.1. The highest BCUT2D eigenvalue weighted by molar-refractivity contribution is 6.34. The molecule has 4 amide bonds. The molecular weight excluding hydrogens is 1290 g/mol. The van der Waals surface area contributed by atoms with Gasteiger partial charge in [0.2, 0.25) is 35.6 Å². The van der Waals surface area contributed by atoms with Gasteiger partial charge in [0, 0.05) is 85.7 Å². The molecule has 0 spiro atoms. The van der Waals surface area contributed by atoms with E-state index in [1.165, 1.54) is 6.08 Å². The van der Waals surface area contributed by atoms with E-state index < -0.39 is 23.4 Å². The van der Waals surface area contributed by atoms with E-state index in [1.807, 2.05) is 30.3 Å². The van der Waals surface area contributed by atoms with Crippen molar-refractivity contribution in [1.29, 1.82) is 0 Å². The summed E-state index contributed by atoms with van der Waals surface area (Å²) in [5.74, 6) is -0.535. The topological polar surface area (TPSA) is 294 Å². The highest BCUT2D eigenvalue weighted by atomic mass is 35.5. The Labute approximate surface area is 567 Å². The van der Waals surface area contributed by atoms with Crippen LogP contribution in [0.15, 0.2) is 196 Å². The van der Waals surface area contributed by atoms with Crippen LogP contribution >= 0.6 is 11.6 Å². The van der Waals surface area contributed by atoms with Crippen molar-refractivity contribution in [3.63, 3.8) is 0 Å². The molecular formula is C69H68ClF3N16O9. The molecule has 9 aromatic rings. The molecule has 25 nitrogen and oxygen atoms in total. The third kappa shape index (κ3) is 22.5. The van der Waals surface area contributed by atoms with Gasteiger partial charge < -0.3 is 76.0 Å². The Balaban J connectivity index is 0.000000188. The fourth-order valence-corrected chi connectivity index (χ4v) is 8.75. The lowest BCUT2D eigenvalue weighted by Gasteiger charge is -2.26. The van der Waals surface area contributed by atoms with Crippen LogP contribution in [-0.4, -0.2) is 131 Å². The second kappa shape index (κ2) is 36.5. The Morgan fingerprint density at radius 1 is 0.551 bits per heavy atom. The zero-order chi connectivity index (χ0) is 69.8. The van der Waals surface area contributed by atoms with Crippen LogP contribution in [0, 0.1) is 17.5 Å². The van der Waals surface area contributed by atoms with E-state index in [1.54, 1.807) is 140 Å². The maximum absolute atomic E-state index is 14.4. The minimum atomic E-state index is -0.653. The number of benzene rings is 6. The molecule has 8 N–H and O–H groups in total. The number of hydrogen-bond donors (Lipinski definition) is 8. The van der Waals surface area contributed by atoms with Gasteiger partial charge in [-0.2, -0.15) is 15.0 Å². The van der Waals surface area contributed by atoms with Crippen LogP contribution in [0.25, 0.3) is 0 Å². The molecule has 1 aliphatic heterocycles. The van der Waals surface area contributed by atoms with Crippen molar-refractivity contribution >= 4 is 116 Å². The number of amides is 4. The van der Waals surface area contributed by atoms with Gasteiger partial charge in [-0.25, -0.2) is 28.1 Å². The number of morpholine rings is 1. The van der Waals surface area contributed by atoms with Gasteiger partial charge in [-0.15, -0.1) is 0 Å². The first-order valence-corrected chi connectivity index (χ1v) is 30.2. The number of nitrogens with zero attached hydrogens (tertiary/aromatic N) is 8. The van der Waals surface area contributed by atoms with Crippen LogP contribution < -0.4 is 56.7 Å². The number of methoxy groups -OCH3 is 2. The number of hydrogen-bond acceptors (Lipinski definition) is 21. The first kappa shape index (κ1) is 71.7. The first-order chi connectivity index (χ1) is 47.5. The number of aromatic nitrogens is 6. The largest absolute Gasteiger partial charge is 0.497 e. The van der Waals surface area contributed by atoms with Crippen LogP contribution in [-0.2, 0) is 35.2 Å². The van der Waals surface area contributed by atoms with Crippen molar-refractivity contribution in [3.05, 3.63) is 224 Å². The van der Waals surface area contributed by atoms with Crippen molar-refractivity contribution in [2.45, 2.75) is 6.54 Å². The van der Waals surface area contributed by atoms with Gasteiger partial charge in [-0.05, 0) is 121 Å². The average Bonchev–Trinajstić information content (AvgIpc) is 0.938. The maximum atomic E-state index is 14.4. The summed E-state index contributed by atoms with van der Waals surface area (Å²) in [5, 5.41) is 23.3. The summed E-state index contributed by atoms with van der Waals surface area (Å²) in [6.45, 7) is 13.7. The number of nitrogens with one attached hydrogen (secondary N) is 8. The second-order valence-electron chi connectivity index (χ2n) is 20.6. The molecule has 0 radical (unpaired) electrons. The quantitative estimate of drug-likeness (QED) is 0.0175. The zero-order valence-electron chi connectivity index (χ0n) is 53.3. The summed E-state index contributed by atoms with van der Waals surface area (Å²) in [6.07, 6.45) is 6.74. The Hall–Kier alpha value is -12.1. The normalized spacial score (nSPS) is 11.3. The molecule has 6 aromatic carbocycles. The highest BCUT2D eigenvalue weighted by Gasteiger charge is 2.19. The lowest BCUT2D eigenvalue weighted by Crippen LogP contribution is -2.42. The fraction of sp³-hybridized carbons (Fsp3) is 0.159. The molecule has 3 aromatic heterocycles. The van der Waals surface area contributed by atoms with Gasteiger partial charge in [0.1, 0.15) is 23.9 Å². The van der Waals surface area contributed by atoms with Gasteiger partial charge >= 0.3 is 0 Å². The molecule has 506 valence electrons. The molecule has 1 aliphatic rings. The molecule has 1 fully saturated rings. The highest BCUT2D eigenvalue weighted by Crippen LogP contribution is 2.30. The molecule has 0 saturated carbocycles. The molecule has 0 unspecified atom stereocenters. The van der Waals surface area contributed by atoms with Crippen molar-refractivity contribution in [1.82, 2.24) is 39.7 Å². The monoisotopic (exact) mass is 1360 g/mol. The smallest absolute Gasteiger partial charge is 0.260 e. The van der Waals surface area contributed by atoms with Crippen molar-refractivity contribution < 1.29 is 56.0 Å². The first-order valence-electron chi connectivity index (χ1n) is 29.8. The Kier molecular flexibility index (Phi) is 26.7. The van der Waals surface area contributed by atoms with E-state index in [0.29, 0.717) is 108 Å². The Morgan fingerprint density at radius 2 is 1.03 bits per heavy atom. The Morgan fingerprint density at radius 3 is 1.59 bits per heavy atom. The van der Waals surface area contributed by atoms with Gasteiger partial charge in [0.05, 0.1) is 56.2 Å². The van der Waals surface area contributed by atoms with E-state index in [-0.39, 0.29) is 59.6 Å². The molecule has 29 heteroatoms. The second-order valence-corrected chi connectivity index (χ2v) is 21.0. The van der Waals surface area contributed by atoms with E-state index in [4.69, 9.17) is 35.3 Å². The number of carbonyl (C=O) groups excluding carboxylic acids is 4. The predicted molar refractivity (Wildman–Crippen MR) is 370 cm³/mol. The lowest BCUT2D eigenvalue weighted by molar-refractivity contribution is -0.137.